The van der Waals surface area contributed by atoms with E-state index in [1.165, 1.54) is 18.2 Å². The molecular weight excluding hydrogens is 296 g/mol. The molecule has 0 unspecified atom stereocenters. The highest BCUT2D eigenvalue weighted by Gasteiger charge is 2.64. The lowest BCUT2D eigenvalue weighted by molar-refractivity contribution is 0.235. The fraction of sp³-hybridized carbons (Fsp3) is 0.600. The lowest BCUT2D eigenvalue weighted by Crippen LogP contribution is -2.16. The molecule has 1 saturated carbocycles. The van der Waals surface area contributed by atoms with Crippen molar-refractivity contribution in [3.8, 4) is 0 Å². The highest BCUT2D eigenvalue weighted by molar-refractivity contribution is 7.91. The molecule has 0 aliphatic heterocycles. The summed E-state index contributed by atoms with van der Waals surface area (Å²) in [6.45, 7) is 9.18. The maximum Gasteiger partial charge on any atom is 0.341 e. The Kier molecular flexibility index (Phi) is 3.81. The van der Waals surface area contributed by atoms with E-state index in [1.807, 2.05) is 0 Å². The van der Waals surface area contributed by atoms with Gasteiger partial charge in [-0.15, -0.1) is 0 Å². The van der Waals surface area contributed by atoms with Gasteiger partial charge in [-0.25, -0.2) is 8.42 Å². The summed E-state index contributed by atoms with van der Waals surface area (Å²) in [5.41, 5.74) is 0.545. The van der Waals surface area contributed by atoms with Crippen molar-refractivity contribution in [1.82, 2.24) is 0 Å². The predicted molar refractivity (Wildman–Crippen MR) is 79.2 cm³/mol. The van der Waals surface area contributed by atoms with Crippen LogP contribution in [0.1, 0.15) is 27.7 Å². The van der Waals surface area contributed by atoms with Crippen LogP contribution in [0.5, 0.6) is 0 Å². The average Bonchev–Trinajstić information content (AvgIpc) is 2.77. The highest BCUT2D eigenvalue weighted by Crippen LogP contribution is 2.68. The minimum atomic E-state index is -4.59. The lowest BCUT2D eigenvalue weighted by atomic mass is 10.0. The van der Waals surface area contributed by atoms with Crippen LogP contribution < -0.4 is 5.32 Å². The standard InChI is InChI=1S/C15H21F2NO2S/c1-14(2)12(15(14,3)4)9-18-10-7-5-6-8-11(10)21(19,20)13(16)17/h5-8,12-13,18H,9H2,1-4H3. The number of nitrogens with one attached hydrogen (secondary N) is 1. The second-order valence-corrected chi connectivity index (χ2v) is 8.56. The third-order valence-electron chi connectivity index (χ3n) is 5.24. The SMILES string of the molecule is CC1(C)C(CNc2ccccc2S(=O)(=O)C(F)F)C1(C)C. The van der Waals surface area contributed by atoms with Gasteiger partial charge in [0.2, 0.25) is 9.84 Å². The van der Waals surface area contributed by atoms with Crippen molar-refractivity contribution in [2.24, 2.45) is 16.7 Å². The first-order valence-corrected chi connectivity index (χ1v) is 8.42. The van der Waals surface area contributed by atoms with Crippen LogP contribution in [-0.2, 0) is 9.84 Å². The molecular formula is C15H21F2NO2S. The molecule has 0 amide bonds. The molecule has 0 radical (unpaired) electrons. The molecule has 2 rings (SSSR count). The summed E-state index contributed by atoms with van der Waals surface area (Å²) >= 11 is 0. The van der Waals surface area contributed by atoms with Crippen LogP contribution in [-0.4, -0.2) is 20.7 Å². The number of anilines is 1. The topological polar surface area (TPSA) is 46.2 Å². The molecule has 3 nitrogen and oxygen atoms in total. The Morgan fingerprint density at radius 2 is 1.67 bits per heavy atom. The Balaban J connectivity index is 2.20. The Labute approximate surface area is 124 Å². The largest absolute Gasteiger partial charge is 0.384 e. The fourth-order valence-corrected chi connectivity index (χ4v) is 3.92. The van der Waals surface area contributed by atoms with Gasteiger partial charge in [-0.3, -0.25) is 0 Å². The molecule has 1 aromatic rings. The Morgan fingerprint density at radius 3 is 2.14 bits per heavy atom. The number of para-hydroxylation sites is 1. The molecule has 0 aromatic heterocycles. The van der Waals surface area contributed by atoms with E-state index in [-0.39, 0.29) is 21.4 Å². The van der Waals surface area contributed by atoms with Crippen LogP contribution in [0.3, 0.4) is 0 Å². The molecule has 1 aromatic carbocycles. The van der Waals surface area contributed by atoms with Crippen molar-refractivity contribution >= 4 is 15.5 Å². The molecule has 1 fully saturated rings. The van der Waals surface area contributed by atoms with Crippen LogP contribution in [0.15, 0.2) is 29.2 Å². The van der Waals surface area contributed by atoms with Crippen molar-refractivity contribution in [2.75, 3.05) is 11.9 Å². The number of hydrogen-bond acceptors (Lipinski definition) is 3. The monoisotopic (exact) mass is 317 g/mol. The second kappa shape index (κ2) is 4.93. The number of sulfone groups is 1. The Hall–Kier alpha value is -1.17. The third kappa shape index (κ3) is 2.54. The Morgan fingerprint density at radius 1 is 1.14 bits per heavy atom. The number of halogens is 2. The van der Waals surface area contributed by atoms with Gasteiger partial charge >= 0.3 is 5.76 Å². The molecule has 0 heterocycles. The number of benzene rings is 1. The molecule has 0 atom stereocenters. The van der Waals surface area contributed by atoms with Crippen molar-refractivity contribution in [2.45, 2.75) is 38.3 Å². The minimum Gasteiger partial charge on any atom is -0.384 e. The molecule has 118 valence electrons. The zero-order valence-corrected chi connectivity index (χ0v) is 13.5. The average molecular weight is 317 g/mol. The third-order valence-corrected chi connectivity index (χ3v) is 6.68. The molecule has 0 spiro atoms. The number of rotatable bonds is 5. The number of hydrogen-bond donors (Lipinski definition) is 1. The summed E-state index contributed by atoms with van der Waals surface area (Å²) in [6, 6.07) is 5.83. The molecule has 1 aliphatic rings. The first kappa shape index (κ1) is 16.2. The first-order chi connectivity index (χ1) is 9.53. The van der Waals surface area contributed by atoms with E-state index in [2.05, 4.69) is 33.0 Å². The van der Waals surface area contributed by atoms with E-state index < -0.39 is 15.6 Å². The van der Waals surface area contributed by atoms with E-state index in [0.29, 0.717) is 12.5 Å². The van der Waals surface area contributed by atoms with Gasteiger partial charge < -0.3 is 5.32 Å². The predicted octanol–water partition coefficient (Wildman–Crippen LogP) is 3.78. The van der Waals surface area contributed by atoms with Gasteiger partial charge in [-0.05, 0) is 28.9 Å². The maximum absolute atomic E-state index is 12.7. The fourth-order valence-electron chi connectivity index (χ4n) is 3.01. The van der Waals surface area contributed by atoms with Crippen molar-refractivity contribution in [3.05, 3.63) is 24.3 Å². The lowest BCUT2D eigenvalue weighted by Gasteiger charge is -2.13. The summed E-state index contributed by atoms with van der Waals surface area (Å²) in [5.74, 6) is -3.04. The first-order valence-electron chi connectivity index (χ1n) is 6.88. The smallest absolute Gasteiger partial charge is 0.341 e. The van der Waals surface area contributed by atoms with E-state index in [9.17, 15) is 17.2 Å². The molecule has 21 heavy (non-hydrogen) atoms. The molecule has 0 saturated heterocycles. The van der Waals surface area contributed by atoms with Crippen molar-refractivity contribution < 1.29 is 17.2 Å². The van der Waals surface area contributed by atoms with Crippen LogP contribution in [0.4, 0.5) is 14.5 Å². The quantitative estimate of drug-likeness (QED) is 0.899. The Bertz CT molecular complexity index is 625. The highest BCUT2D eigenvalue weighted by atomic mass is 32.2. The molecule has 1 aliphatic carbocycles. The van der Waals surface area contributed by atoms with E-state index in [0.717, 1.165) is 0 Å². The van der Waals surface area contributed by atoms with E-state index >= 15 is 0 Å². The molecule has 0 bridgehead atoms. The van der Waals surface area contributed by atoms with Gasteiger partial charge in [0.15, 0.2) is 0 Å². The van der Waals surface area contributed by atoms with Gasteiger partial charge in [0.25, 0.3) is 0 Å². The van der Waals surface area contributed by atoms with Gasteiger partial charge in [-0.2, -0.15) is 8.78 Å². The zero-order chi connectivity index (χ0) is 16.1. The van der Waals surface area contributed by atoms with Crippen LogP contribution >= 0.6 is 0 Å². The van der Waals surface area contributed by atoms with E-state index in [4.69, 9.17) is 0 Å². The summed E-state index contributed by atoms with van der Waals surface area (Å²) in [4.78, 5) is -0.337. The van der Waals surface area contributed by atoms with Gasteiger partial charge in [-0.1, -0.05) is 39.8 Å². The molecule has 1 N–H and O–H groups in total. The van der Waals surface area contributed by atoms with Crippen LogP contribution in [0.25, 0.3) is 0 Å². The zero-order valence-electron chi connectivity index (χ0n) is 12.7. The summed E-state index contributed by atoms with van der Waals surface area (Å²) in [6.07, 6.45) is 0. The van der Waals surface area contributed by atoms with Crippen LogP contribution in [0, 0.1) is 16.7 Å². The number of alkyl halides is 2. The summed E-state index contributed by atoms with van der Waals surface area (Å²) in [5, 5.41) is 3.03. The van der Waals surface area contributed by atoms with Crippen molar-refractivity contribution in [3.63, 3.8) is 0 Å². The van der Waals surface area contributed by atoms with Crippen LogP contribution in [0.2, 0.25) is 0 Å². The van der Waals surface area contributed by atoms with Gasteiger partial charge in [0.1, 0.15) is 0 Å². The summed E-state index contributed by atoms with van der Waals surface area (Å²) < 4.78 is 48.8. The maximum atomic E-state index is 12.7. The normalized spacial score (nSPS) is 20.5. The molecule has 6 heteroatoms. The van der Waals surface area contributed by atoms with Gasteiger partial charge in [0.05, 0.1) is 10.6 Å². The van der Waals surface area contributed by atoms with E-state index in [1.54, 1.807) is 6.07 Å². The second-order valence-electron chi connectivity index (χ2n) is 6.68. The minimum absolute atomic E-state index is 0.149. The van der Waals surface area contributed by atoms with Crippen molar-refractivity contribution in [1.29, 1.82) is 0 Å². The van der Waals surface area contributed by atoms with Gasteiger partial charge in [0, 0.05) is 6.54 Å². The summed E-state index contributed by atoms with van der Waals surface area (Å²) in [7, 11) is -4.59.